The molecular weight excluding hydrogens is 603 g/mol. The highest BCUT2D eigenvalue weighted by molar-refractivity contribution is 9.10. The summed E-state index contributed by atoms with van der Waals surface area (Å²) in [5.74, 6) is 1.84. The molecule has 3 atom stereocenters. The van der Waals surface area contributed by atoms with Gasteiger partial charge in [-0.2, -0.15) is 0 Å². The zero-order chi connectivity index (χ0) is 26.7. The standard InChI is InChI=1S/C29H27BrCl2N4O3/c1-15-11-17(7-10-22(15)30)28-33-34-29(38-28)36-18-8-9-19(36)13-20(12-18)37-14-21-26(35-39-27(21)16-5-6-16)25-23(31)3-2-4-24(25)32/h2-4,7,10-11,16,18-20H,5-6,8-9,12-14H2,1H3/t18-,19+,20?. The van der Waals surface area contributed by atoms with Crippen LogP contribution >= 0.6 is 39.1 Å². The zero-order valence-corrected chi connectivity index (χ0v) is 24.5. The Kier molecular flexibility index (Phi) is 6.70. The number of benzene rings is 2. The van der Waals surface area contributed by atoms with Crippen LogP contribution in [0.3, 0.4) is 0 Å². The van der Waals surface area contributed by atoms with Crippen LogP contribution in [0, 0.1) is 6.92 Å². The molecule has 0 N–H and O–H groups in total. The van der Waals surface area contributed by atoms with Gasteiger partial charge in [-0.15, -0.1) is 5.10 Å². The van der Waals surface area contributed by atoms with Crippen molar-refractivity contribution in [3.8, 4) is 22.7 Å². The summed E-state index contributed by atoms with van der Waals surface area (Å²) in [6, 6.07) is 12.8. The van der Waals surface area contributed by atoms with E-state index in [2.05, 4.69) is 49.2 Å². The lowest BCUT2D eigenvalue weighted by atomic mass is 10.00. The van der Waals surface area contributed by atoms with Crippen LogP contribution in [0.2, 0.25) is 10.0 Å². The van der Waals surface area contributed by atoms with Gasteiger partial charge >= 0.3 is 6.01 Å². The highest BCUT2D eigenvalue weighted by Gasteiger charge is 2.44. The lowest BCUT2D eigenvalue weighted by Crippen LogP contribution is -2.45. The maximum Gasteiger partial charge on any atom is 0.318 e. The summed E-state index contributed by atoms with van der Waals surface area (Å²) in [5.41, 5.74) is 4.42. The van der Waals surface area contributed by atoms with Crippen molar-refractivity contribution in [2.24, 2.45) is 0 Å². The molecule has 4 heterocycles. The second-order valence-electron chi connectivity index (χ2n) is 10.8. The van der Waals surface area contributed by atoms with Crippen LogP contribution in [0.5, 0.6) is 0 Å². The van der Waals surface area contributed by atoms with Crippen LogP contribution in [0.1, 0.15) is 61.3 Å². The molecule has 0 amide bonds. The minimum Gasteiger partial charge on any atom is -0.403 e. The maximum absolute atomic E-state index is 6.57. The van der Waals surface area contributed by atoms with Gasteiger partial charge in [0.05, 0.1) is 22.8 Å². The van der Waals surface area contributed by atoms with E-state index in [1.165, 1.54) is 0 Å². The monoisotopic (exact) mass is 628 g/mol. The average Bonchev–Trinajstić information content (AvgIpc) is 3.39. The normalized spacial score (nSPS) is 22.6. The largest absolute Gasteiger partial charge is 0.403 e. The van der Waals surface area contributed by atoms with E-state index in [-0.39, 0.29) is 6.10 Å². The molecular formula is C29H27BrCl2N4O3. The molecule has 0 spiro atoms. The fourth-order valence-electron chi connectivity index (χ4n) is 6.04. The molecule has 202 valence electrons. The molecule has 39 heavy (non-hydrogen) atoms. The van der Waals surface area contributed by atoms with E-state index in [1.54, 1.807) is 0 Å². The van der Waals surface area contributed by atoms with Crippen LogP contribution in [-0.2, 0) is 11.3 Å². The Morgan fingerprint density at radius 2 is 1.77 bits per heavy atom. The van der Waals surface area contributed by atoms with Gasteiger partial charge in [0.2, 0.25) is 5.89 Å². The molecule has 2 aliphatic heterocycles. The van der Waals surface area contributed by atoms with Gasteiger partial charge in [0.15, 0.2) is 0 Å². The van der Waals surface area contributed by atoms with E-state index in [0.29, 0.717) is 57.8 Å². The van der Waals surface area contributed by atoms with Crippen molar-refractivity contribution in [2.45, 2.75) is 76.2 Å². The van der Waals surface area contributed by atoms with Gasteiger partial charge in [0, 0.05) is 39.2 Å². The van der Waals surface area contributed by atoms with Gasteiger partial charge in [0.25, 0.3) is 0 Å². The molecule has 7 nitrogen and oxygen atoms in total. The Morgan fingerprint density at radius 1 is 1.03 bits per heavy atom. The second-order valence-corrected chi connectivity index (χ2v) is 12.5. The molecule has 2 aromatic heterocycles. The third kappa shape index (κ3) is 4.79. The number of aromatic nitrogens is 3. The first-order valence-electron chi connectivity index (χ1n) is 13.4. The molecule has 1 aliphatic carbocycles. The van der Waals surface area contributed by atoms with Gasteiger partial charge in [0.1, 0.15) is 11.5 Å². The summed E-state index contributed by atoms with van der Waals surface area (Å²) in [6.07, 6.45) is 6.29. The summed E-state index contributed by atoms with van der Waals surface area (Å²) in [4.78, 5) is 2.31. The number of rotatable bonds is 7. The minimum atomic E-state index is 0.117. The predicted octanol–water partition coefficient (Wildman–Crippen LogP) is 8.36. The molecule has 10 heteroatoms. The maximum atomic E-state index is 6.57. The first-order valence-corrected chi connectivity index (χ1v) is 14.9. The number of nitrogens with zero attached hydrogens (tertiary/aromatic N) is 4. The number of aryl methyl sites for hydroxylation is 1. The lowest BCUT2D eigenvalue weighted by molar-refractivity contribution is 0.0139. The van der Waals surface area contributed by atoms with Crippen LogP contribution in [-0.4, -0.2) is 33.5 Å². The number of piperidine rings is 1. The number of hydrogen-bond donors (Lipinski definition) is 0. The van der Waals surface area contributed by atoms with Crippen molar-refractivity contribution < 1.29 is 13.7 Å². The van der Waals surface area contributed by atoms with E-state index in [0.717, 1.165) is 65.4 Å². The Balaban J connectivity index is 1.08. The van der Waals surface area contributed by atoms with E-state index >= 15 is 0 Å². The van der Waals surface area contributed by atoms with E-state index in [1.807, 2.05) is 30.3 Å². The van der Waals surface area contributed by atoms with Crippen LogP contribution in [0.15, 0.2) is 49.8 Å². The van der Waals surface area contributed by atoms with Gasteiger partial charge in [-0.3, -0.25) is 0 Å². The highest BCUT2D eigenvalue weighted by Crippen LogP contribution is 2.47. The summed E-state index contributed by atoms with van der Waals surface area (Å²) < 4.78 is 19.6. The number of fused-ring (bicyclic) bond motifs is 2. The molecule has 1 saturated carbocycles. The fourth-order valence-corrected chi connectivity index (χ4v) is 6.86. The number of hydrogen-bond acceptors (Lipinski definition) is 7. The Labute approximate surface area is 244 Å². The average molecular weight is 630 g/mol. The van der Waals surface area contributed by atoms with Crippen molar-refractivity contribution in [3.05, 3.63) is 67.8 Å². The van der Waals surface area contributed by atoms with Crippen LogP contribution < -0.4 is 4.90 Å². The van der Waals surface area contributed by atoms with E-state index in [9.17, 15) is 0 Å². The zero-order valence-electron chi connectivity index (χ0n) is 21.4. The van der Waals surface area contributed by atoms with Crippen molar-refractivity contribution in [3.63, 3.8) is 0 Å². The van der Waals surface area contributed by atoms with Gasteiger partial charge < -0.3 is 18.6 Å². The molecule has 3 fully saturated rings. The number of ether oxygens (including phenoxy) is 1. The Bertz CT molecular complexity index is 1500. The van der Waals surface area contributed by atoms with Crippen molar-refractivity contribution >= 4 is 45.1 Å². The Hall–Kier alpha value is -2.39. The fraction of sp³-hybridized carbons (Fsp3) is 0.414. The topological polar surface area (TPSA) is 77.4 Å². The van der Waals surface area contributed by atoms with E-state index < -0.39 is 0 Å². The van der Waals surface area contributed by atoms with Crippen molar-refractivity contribution in [1.82, 2.24) is 15.4 Å². The molecule has 7 rings (SSSR count). The van der Waals surface area contributed by atoms with Crippen molar-refractivity contribution in [2.75, 3.05) is 4.90 Å². The van der Waals surface area contributed by atoms with Gasteiger partial charge in [-0.25, -0.2) is 0 Å². The Morgan fingerprint density at radius 3 is 2.46 bits per heavy atom. The van der Waals surface area contributed by atoms with Gasteiger partial charge in [-0.1, -0.05) is 55.5 Å². The summed E-state index contributed by atoms with van der Waals surface area (Å²) in [6.45, 7) is 2.47. The smallest absolute Gasteiger partial charge is 0.318 e. The second kappa shape index (κ2) is 10.2. The lowest BCUT2D eigenvalue weighted by Gasteiger charge is -2.37. The van der Waals surface area contributed by atoms with Crippen LogP contribution in [0.25, 0.3) is 22.7 Å². The van der Waals surface area contributed by atoms with E-state index in [4.69, 9.17) is 36.9 Å². The molecule has 1 unspecified atom stereocenters. The third-order valence-corrected chi connectivity index (χ3v) is 9.68. The molecule has 3 aliphatic rings. The minimum absolute atomic E-state index is 0.117. The van der Waals surface area contributed by atoms with Gasteiger partial charge in [-0.05, 0) is 81.3 Å². The number of anilines is 1. The quantitative estimate of drug-likeness (QED) is 0.203. The number of halogens is 3. The molecule has 4 aromatic rings. The van der Waals surface area contributed by atoms with Crippen LogP contribution in [0.4, 0.5) is 6.01 Å². The summed E-state index contributed by atoms with van der Waals surface area (Å²) >= 11 is 16.6. The predicted molar refractivity (Wildman–Crippen MR) is 153 cm³/mol. The molecule has 2 aromatic carbocycles. The summed E-state index contributed by atoms with van der Waals surface area (Å²) in [5, 5.41) is 14.3. The molecule has 2 bridgehead atoms. The SMILES string of the molecule is Cc1cc(-c2nnc(N3[C@@H]4CC[C@H]3CC(OCc3c(-c5c(Cl)cccc5Cl)noc3C3CC3)C4)o2)ccc1Br. The first-order chi connectivity index (χ1) is 19.0. The molecule has 0 radical (unpaired) electrons. The first kappa shape index (κ1) is 25.6. The van der Waals surface area contributed by atoms with Crippen molar-refractivity contribution in [1.29, 1.82) is 0 Å². The third-order valence-electron chi connectivity index (χ3n) is 8.16. The molecule has 2 saturated heterocycles. The summed E-state index contributed by atoms with van der Waals surface area (Å²) in [7, 11) is 0. The highest BCUT2D eigenvalue weighted by atomic mass is 79.9.